The molecule has 128 valence electrons. The van der Waals surface area contributed by atoms with E-state index >= 15 is 0 Å². The Kier molecular flexibility index (Phi) is 4.99. The smallest absolute Gasteiger partial charge is 0.331 e. The van der Waals surface area contributed by atoms with Crippen molar-refractivity contribution in [1.29, 1.82) is 0 Å². The zero-order valence-corrected chi connectivity index (χ0v) is 13.7. The first-order chi connectivity index (χ1) is 12.1. The van der Waals surface area contributed by atoms with Crippen molar-refractivity contribution >= 4 is 23.6 Å². The fourth-order valence-corrected chi connectivity index (χ4v) is 2.25. The number of ether oxygens (including phenoxy) is 3. The predicted molar refractivity (Wildman–Crippen MR) is 92.4 cm³/mol. The molecule has 1 heterocycles. The lowest BCUT2D eigenvalue weighted by atomic mass is 10.2. The SMILES string of the molecule is CN(C(=O)COC(=O)/C=C/c1ccc2c(c1)OCO2)c1ccccc1. The molecule has 25 heavy (non-hydrogen) atoms. The second-order valence-corrected chi connectivity index (χ2v) is 5.34. The van der Waals surface area contributed by atoms with Crippen LogP contribution < -0.4 is 14.4 Å². The highest BCUT2D eigenvalue weighted by molar-refractivity contribution is 5.96. The maximum atomic E-state index is 12.0. The van der Waals surface area contributed by atoms with Gasteiger partial charge in [-0.3, -0.25) is 4.79 Å². The molecule has 2 aromatic carbocycles. The van der Waals surface area contributed by atoms with Gasteiger partial charge in [-0.1, -0.05) is 24.3 Å². The van der Waals surface area contributed by atoms with Crippen LogP contribution in [0.2, 0.25) is 0 Å². The van der Waals surface area contributed by atoms with Crippen molar-refractivity contribution in [1.82, 2.24) is 0 Å². The summed E-state index contributed by atoms with van der Waals surface area (Å²) in [5, 5.41) is 0. The summed E-state index contributed by atoms with van der Waals surface area (Å²) in [6, 6.07) is 14.5. The molecule has 6 heteroatoms. The Balaban J connectivity index is 1.51. The van der Waals surface area contributed by atoms with Crippen LogP contribution in [-0.4, -0.2) is 32.3 Å². The van der Waals surface area contributed by atoms with E-state index in [9.17, 15) is 9.59 Å². The van der Waals surface area contributed by atoms with Crippen molar-refractivity contribution in [3.63, 3.8) is 0 Å². The van der Waals surface area contributed by atoms with Crippen molar-refractivity contribution < 1.29 is 23.8 Å². The molecule has 0 aromatic heterocycles. The molecule has 1 aliphatic heterocycles. The molecule has 0 bridgehead atoms. The predicted octanol–water partition coefficient (Wildman–Crippen LogP) is 2.63. The van der Waals surface area contributed by atoms with Crippen LogP contribution in [0.4, 0.5) is 5.69 Å². The first-order valence-corrected chi connectivity index (χ1v) is 7.69. The summed E-state index contributed by atoms with van der Waals surface area (Å²) >= 11 is 0. The molecule has 0 spiro atoms. The molecular weight excluding hydrogens is 322 g/mol. The van der Waals surface area contributed by atoms with Gasteiger partial charge in [0.1, 0.15) is 0 Å². The summed E-state index contributed by atoms with van der Waals surface area (Å²) in [4.78, 5) is 25.3. The lowest BCUT2D eigenvalue weighted by molar-refractivity contribution is -0.142. The maximum Gasteiger partial charge on any atom is 0.331 e. The van der Waals surface area contributed by atoms with Crippen LogP contribution in [0.1, 0.15) is 5.56 Å². The van der Waals surface area contributed by atoms with Gasteiger partial charge in [-0.05, 0) is 35.9 Å². The highest BCUT2D eigenvalue weighted by atomic mass is 16.7. The van der Waals surface area contributed by atoms with Crippen molar-refractivity contribution in [3.05, 3.63) is 60.2 Å². The fourth-order valence-electron chi connectivity index (χ4n) is 2.25. The maximum absolute atomic E-state index is 12.0. The first kappa shape index (κ1) is 16.6. The van der Waals surface area contributed by atoms with Crippen LogP contribution in [-0.2, 0) is 14.3 Å². The number of esters is 1. The number of amides is 1. The number of hydrogen-bond acceptors (Lipinski definition) is 5. The van der Waals surface area contributed by atoms with Gasteiger partial charge in [0.15, 0.2) is 18.1 Å². The average molecular weight is 339 g/mol. The zero-order valence-electron chi connectivity index (χ0n) is 13.7. The number of rotatable bonds is 5. The van der Waals surface area contributed by atoms with E-state index in [1.165, 1.54) is 11.0 Å². The van der Waals surface area contributed by atoms with E-state index in [4.69, 9.17) is 14.2 Å². The van der Waals surface area contributed by atoms with Crippen LogP contribution in [0.5, 0.6) is 11.5 Å². The van der Waals surface area contributed by atoms with E-state index < -0.39 is 5.97 Å². The minimum atomic E-state index is -0.590. The number of fused-ring (bicyclic) bond motifs is 1. The number of carbonyl (C=O) groups is 2. The zero-order chi connectivity index (χ0) is 17.6. The topological polar surface area (TPSA) is 65.1 Å². The summed E-state index contributed by atoms with van der Waals surface area (Å²) in [7, 11) is 1.63. The van der Waals surface area contributed by atoms with E-state index in [0.717, 1.165) is 11.3 Å². The molecule has 0 aliphatic carbocycles. The number of hydrogen-bond donors (Lipinski definition) is 0. The van der Waals surface area contributed by atoms with Crippen LogP contribution in [0.3, 0.4) is 0 Å². The van der Waals surface area contributed by atoms with Crippen molar-refractivity contribution in [2.24, 2.45) is 0 Å². The van der Waals surface area contributed by atoms with Gasteiger partial charge in [-0.15, -0.1) is 0 Å². The number of benzene rings is 2. The Morgan fingerprint density at radius 1 is 1.12 bits per heavy atom. The quantitative estimate of drug-likeness (QED) is 0.619. The van der Waals surface area contributed by atoms with Gasteiger partial charge >= 0.3 is 5.97 Å². The second-order valence-electron chi connectivity index (χ2n) is 5.34. The van der Waals surface area contributed by atoms with Gasteiger partial charge in [0.2, 0.25) is 6.79 Å². The van der Waals surface area contributed by atoms with Gasteiger partial charge in [0.25, 0.3) is 5.91 Å². The molecular formula is C19H17NO5. The summed E-state index contributed by atoms with van der Waals surface area (Å²) in [5.74, 6) is 0.410. The summed E-state index contributed by atoms with van der Waals surface area (Å²) in [6.45, 7) is -0.128. The van der Waals surface area contributed by atoms with Crippen molar-refractivity contribution in [2.45, 2.75) is 0 Å². The average Bonchev–Trinajstić information content (AvgIpc) is 3.12. The molecule has 0 fully saturated rings. The van der Waals surface area contributed by atoms with E-state index in [-0.39, 0.29) is 19.3 Å². The number of anilines is 1. The van der Waals surface area contributed by atoms with Crippen LogP contribution in [0, 0.1) is 0 Å². The number of carbonyl (C=O) groups excluding carboxylic acids is 2. The molecule has 6 nitrogen and oxygen atoms in total. The van der Waals surface area contributed by atoms with Gasteiger partial charge in [0, 0.05) is 18.8 Å². The molecule has 1 amide bonds. The van der Waals surface area contributed by atoms with E-state index in [2.05, 4.69) is 0 Å². The normalized spacial score (nSPS) is 12.2. The first-order valence-electron chi connectivity index (χ1n) is 7.69. The fraction of sp³-hybridized carbons (Fsp3) is 0.158. The Morgan fingerprint density at radius 3 is 2.68 bits per heavy atom. The molecule has 0 saturated carbocycles. The third-order valence-corrected chi connectivity index (χ3v) is 3.66. The van der Waals surface area contributed by atoms with E-state index in [1.807, 2.05) is 18.2 Å². The van der Waals surface area contributed by atoms with Gasteiger partial charge in [-0.25, -0.2) is 4.79 Å². The molecule has 0 saturated heterocycles. The molecule has 2 aromatic rings. The molecule has 3 rings (SSSR count). The Hall–Kier alpha value is -3.28. The van der Waals surface area contributed by atoms with Gasteiger partial charge < -0.3 is 19.1 Å². The lowest BCUT2D eigenvalue weighted by Gasteiger charge is -2.16. The minimum absolute atomic E-state index is 0.196. The number of nitrogens with zero attached hydrogens (tertiary/aromatic N) is 1. The highest BCUT2D eigenvalue weighted by Gasteiger charge is 2.13. The van der Waals surface area contributed by atoms with Gasteiger partial charge in [-0.2, -0.15) is 0 Å². The summed E-state index contributed by atoms with van der Waals surface area (Å²) < 4.78 is 15.5. The van der Waals surface area contributed by atoms with Crippen LogP contribution >= 0.6 is 0 Å². The molecule has 0 N–H and O–H groups in total. The monoisotopic (exact) mass is 339 g/mol. The van der Waals surface area contributed by atoms with Crippen LogP contribution in [0.25, 0.3) is 6.08 Å². The molecule has 0 unspecified atom stereocenters. The summed E-state index contributed by atoms with van der Waals surface area (Å²) in [6.07, 6.45) is 2.86. The van der Waals surface area contributed by atoms with Crippen LogP contribution in [0.15, 0.2) is 54.6 Å². The van der Waals surface area contributed by atoms with Crippen molar-refractivity contribution in [2.75, 3.05) is 25.3 Å². The Bertz CT molecular complexity index is 801. The lowest BCUT2D eigenvalue weighted by Crippen LogP contribution is -2.30. The van der Waals surface area contributed by atoms with Gasteiger partial charge in [0.05, 0.1) is 0 Å². The minimum Gasteiger partial charge on any atom is -0.454 e. The second kappa shape index (κ2) is 7.53. The molecule has 0 atom stereocenters. The number of para-hydroxylation sites is 1. The largest absolute Gasteiger partial charge is 0.454 e. The van der Waals surface area contributed by atoms with E-state index in [0.29, 0.717) is 11.5 Å². The third-order valence-electron chi connectivity index (χ3n) is 3.66. The molecule has 0 radical (unpaired) electrons. The molecule has 1 aliphatic rings. The number of likely N-dealkylation sites (N-methyl/N-ethyl adjacent to an activating group) is 1. The third kappa shape index (κ3) is 4.17. The highest BCUT2D eigenvalue weighted by Crippen LogP contribution is 2.32. The van der Waals surface area contributed by atoms with Crippen molar-refractivity contribution in [3.8, 4) is 11.5 Å². The Morgan fingerprint density at radius 2 is 1.88 bits per heavy atom. The Labute approximate surface area is 145 Å². The summed E-state index contributed by atoms with van der Waals surface area (Å²) in [5.41, 5.74) is 1.51. The standard InChI is InChI=1S/C19H17NO5/c1-20(15-5-3-2-4-6-15)18(21)12-23-19(22)10-8-14-7-9-16-17(11-14)25-13-24-16/h2-11H,12-13H2,1H3/b10-8+. The van der Waals surface area contributed by atoms with E-state index in [1.54, 1.807) is 43.5 Å².